The lowest BCUT2D eigenvalue weighted by atomic mass is 10.2. The van der Waals surface area contributed by atoms with Crippen molar-refractivity contribution in [3.8, 4) is 0 Å². The quantitative estimate of drug-likeness (QED) is 0.725. The summed E-state index contributed by atoms with van der Waals surface area (Å²) in [6.45, 7) is 0.736. The minimum atomic E-state index is -4.18. The van der Waals surface area contributed by atoms with E-state index in [2.05, 4.69) is 8.92 Å². The lowest BCUT2D eigenvalue weighted by Crippen LogP contribution is -2.35. The highest BCUT2D eigenvalue weighted by molar-refractivity contribution is 7.86. The zero-order valence-corrected chi connectivity index (χ0v) is 11.7. The summed E-state index contributed by atoms with van der Waals surface area (Å²) in [6, 6.07) is 5.66. The van der Waals surface area contributed by atoms with Crippen LogP contribution in [0, 0.1) is 6.92 Å². The predicted octanol–water partition coefficient (Wildman–Crippen LogP) is 2.32. The van der Waals surface area contributed by atoms with Crippen LogP contribution < -0.4 is 0 Å². The number of hydrogen-bond donors (Lipinski definition) is 0. The fourth-order valence-electron chi connectivity index (χ4n) is 1.43. The highest BCUT2D eigenvalue weighted by Crippen LogP contribution is 2.17. The van der Waals surface area contributed by atoms with Gasteiger partial charge in [0.2, 0.25) is 0 Å². The number of alkyl halides is 3. The van der Waals surface area contributed by atoms with Crippen molar-refractivity contribution in [1.82, 2.24) is 0 Å². The molecule has 0 aliphatic rings. The van der Waals surface area contributed by atoms with Crippen LogP contribution in [-0.2, 0) is 19.0 Å². The molecule has 0 heterocycles. The Morgan fingerprint density at radius 3 is 2.15 bits per heavy atom. The Morgan fingerprint density at radius 2 is 1.70 bits per heavy atom. The number of halogens is 3. The lowest BCUT2D eigenvalue weighted by Gasteiger charge is -2.18. The highest BCUT2D eigenvalue weighted by Gasteiger charge is 2.31. The second-order valence-electron chi connectivity index (χ2n) is 4.10. The van der Waals surface area contributed by atoms with E-state index in [4.69, 9.17) is 0 Å². The van der Waals surface area contributed by atoms with E-state index in [0.29, 0.717) is 0 Å². The molecular formula is C12H15F3O4S. The van der Waals surface area contributed by atoms with Gasteiger partial charge in [-0.1, -0.05) is 17.7 Å². The Bertz CT molecular complexity index is 516. The van der Waals surface area contributed by atoms with E-state index in [9.17, 15) is 21.6 Å². The van der Waals surface area contributed by atoms with E-state index < -0.39 is 35.4 Å². The van der Waals surface area contributed by atoms with E-state index in [1.54, 1.807) is 19.1 Å². The van der Waals surface area contributed by atoms with E-state index in [1.807, 2.05) is 0 Å². The molecule has 0 aliphatic heterocycles. The van der Waals surface area contributed by atoms with Crippen molar-refractivity contribution in [2.75, 3.05) is 13.7 Å². The first kappa shape index (κ1) is 16.9. The van der Waals surface area contributed by atoms with Gasteiger partial charge in [0.25, 0.3) is 16.5 Å². The van der Waals surface area contributed by atoms with E-state index in [1.165, 1.54) is 12.1 Å². The molecule has 0 fully saturated rings. The molecular weight excluding hydrogens is 297 g/mol. The van der Waals surface area contributed by atoms with Gasteiger partial charge in [0.15, 0.2) is 12.3 Å². The molecule has 1 aromatic carbocycles. The lowest BCUT2D eigenvalue weighted by molar-refractivity contribution is -0.0809. The molecule has 20 heavy (non-hydrogen) atoms. The van der Waals surface area contributed by atoms with Crippen molar-refractivity contribution in [1.29, 1.82) is 0 Å². The summed E-state index contributed by atoms with van der Waals surface area (Å²) >= 11 is 0. The first-order chi connectivity index (χ1) is 9.27. The summed E-state index contributed by atoms with van der Waals surface area (Å²) < 4.78 is 70.3. The number of hydrogen-bond acceptors (Lipinski definition) is 4. The summed E-state index contributed by atoms with van der Waals surface area (Å²) in [5, 5.41) is 0. The molecule has 0 bridgehead atoms. The van der Waals surface area contributed by atoms with Crippen molar-refractivity contribution in [2.45, 2.75) is 30.5 Å². The highest BCUT2D eigenvalue weighted by atomic mass is 32.2. The minimum absolute atomic E-state index is 0.165. The van der Waals surface area contributed by atoms with Gasteiger partial charge in [-0.05, 0) is 19.1 Å². The van der Waals surface area contributed by atoms with Crippen LogP contribution >= 0.6 is 0 Å². The standard InChI is InChI=1S/C12H15F3O4S/c1-8-3-5-9(6-4-8)20(16,17)19-7-10(13)11(18-2)12(14)15/h3-6,10-12H,7H2,1-2H3/t10?,11-/m0/s1. The minimum Gasteiger partial charge on any atom is -0.372 e. The maximum Gasteiger partial charge on any atom is 0.297 e. The Balaban J connectivity index is 2.70. The second-order valence-corrected chi connectivity index (χ2v) is 5.72. The van der Waals surface area contributed by atoms with Crippen molar-refractivity contribution in [3.63, 3.8) is 0 Å². The third kappa shape index (κ3) is 4.46. The third-order valence-corrected chi connectivity index (χ3v) is 3.86. The second kappa shape index (κ2) is 7.05. The Morgan fingerprint density at radius 1 is 1.15 bits per heavy atom. The van der Waals surface area contributed by atoms with Gasteiger partial charge >= 0.3 is 0 Å². The van der Waals surface area contributed by atoms with Crippen LogP contribution in [0.25, 0.3) is 0 Å². The number of ether oxygens (including phenoxy) is 1. The molecule has 0 aliphatic carbocycles. The zero-order chi connectivity index (χ0) is 15.3. The maximum absolute atomic E-state index is 13.4. The molecule has 0 N–H and O–H groups in total. The first-order valence-electron chi connectivity index (χ1n) is 5.69. The molecule has 1 aromatic rings. The molecule has 0 amide bonds. The van der Waals surface area contributed by atoms with Crippen LogP contribution in [0.2, 0.25) is 0 Å². The van der Waals surface area contributed by atoms with Crippen LogP contribution in [0.15, 0.2) is 29.2 Å². The fourth-order valence-corrected chi connectivity index (χ4v) is 2.35. The Kier molecular flexibility index (Phi) is 5.97. The van der Waals surface area contributed by atoms with E-state index >= 15 is 0 Å². The number of rotatable bonds is 7. The summed E-state index contributed by atoms with van der Waals surface area (Å²) in [6.07, 6.45) is -7.34. The molecule has 0 spiro atoms. The first-order valence-corrected chi connectivity index (χ1v) is 7.10. The van der Waals surface area contributed by atoms with Crippen LogP contribution in [0.3, 0.4) is 0 Å². The van der Waals surface area contributed by atoms with Crippen LogP contribution in [0.1, 0.15) is 5.56 Å². The molecule has 0 aromatic heterocycles. The van der Waals surface area contributed by atoms with Gasteiger partial charge in [0, 0.05) is 7.11 Å². The summed E-state index contributed by atoms with van der Waals surface area (Å²) in [5.41, 5.74) is 0.837. The van der Waals surface area contributed by atoms with Gasteiger partial charge in [-0.2, -0.15) is 8.42 Å². The molecule has 0 saturated carbocycles. The smallest absolute Gasteiger partial charge is 0.297 e. The van der Waals surface area contributed by atoms with Crippen LogP contribution in [0.5, 0.6) is 0 Å². The number of methoxy groups -OCH3 is 1. The van der Waals surface area contributed by atoms with Crippen molar-refractivity contribution in [2.24, 2.45) is 0 Å². The van der Waals surface area contributed by atoms with Gasteiger partial charge in [-0.3, -0.25) is 4.18 Å². The van der Waals surface area contributed by atoms with E-state index in [-0.39, 0.29) is 4.90 Å². The molecule has 1 rings (SSSR count). The predicted molar refractivity (Wildman–Crippen MR) is 66.0 cm³/mol. The number of aryl methyl sites for hydroxylation is 1. The molecule has 4 nitrogen and oxygen atoms in total. The van der Waals surface area contributed by atoms with Crippen LogP contribution in [0.4, 0.5) is 13.2 Å². The molecule has 2 atom stereocenters. The average molecular weight is 312 g/mol. The third-order valence-electron chi connectivity index (χ3n) is 2.57. The van der Waals surface area contributed by atoms with Gasteiger partial charge in [0.1, 0.15) is 6.61 Å². The zero-order valence-electron chi connectivity index (χ0n) is 10.9. The summed E-state index contributed by atoms with van der Waals surface area (Å²) in [4.78, 5) is -0.165. The van der Waals surface area contributed by atoms with Gasteiger partial charge < -0.3 is 4.74 Å². The van der Waals surface area contributed by atoms with Crippen molar-refractivity contribution in [3.05, 3.63) is 29.8 Å². The van der Waals surface area contributed by atoms with Gasteiger partial charge in [0.05, 0.1) is 4.90 Å². The maximum atomic E-state index is 13.4. The topological polar surface area (TPSA) is 52.6 Å². The largest absolute Gasteiger partial charge is 0.372 e. The average Bonchev–Trinajstić information content (AvgIpc) is 2.37. The fraction of sp³-hybridized carbons (Fsp3) is 0.500. The normalized spacial score (nSPS) is 15.3. The molecule has 114 valence electrons. The molecule has 8 heteroatoms. The summed E-state index contributed by atoms with van der Waals surface area (Å²) in [5.74, 6) is 0. The van der Waals surface area contributed by atoms with Gasteiger partial charge in [-0.15, -0.1) is 0 Å². The SMILES string of the molecule is CO[C@H](C(F)F)C(F)COS(=O)(=O)c1ccc(C)cc1. The van der Waals surface area contributed by atoms with Crippen LogP contribution in [-0.4, -0.2) is 40.8 Å². The van der Waals surface area contributed by atoms with Gasteiger partial charge in [-0.25, -0.2) is 13.2 Å². The molecule has 1 unspecified atom stereocenters. The van der Waals surface area contributed by atoms with Crippen molar-refractivity contribution < 1.29 is 30.5 Å². The number of benzene rings is 1. The summed E-state index contributed by atoms with van der Waals surface area (Å²) in [7, 11) is -3.27. The Hall–Kier alpha value is -1.12. The van der Waals surface area contributed by atoms with E-state index in [0.717, 1.165) is 12.7 Å². The molecule has 0 radical (unpaired) electrons. The van der Waals surface area contributed by atoms with Crippen molar-refractivity contribution >= 4 is 10.1 Å². The molecule has 0 saturated heterocycles. The monoisotopic (exact) mass is 312 g/mol. The Labute approximate surface area is 115 Å².